The van der Waals surface area contributed by atoms with Gasteiger partial charge in [0.25, 0.3) is 13.4 Å². The molecule has 302 valence electrons. The molecule has 6 heterocycles. The molecule has 0 bridgehead atoms. The van der Waals surface area contributed by atoms with Crippen LogP contribution in [0.4, 0.5) is 17.1 Å². The molecule has 9 heteroatoms. The minimum atomic E-state index is -0.231. The zero-order chi connectivity index (χ0) is 41.3. The predicted octanol–water partition coefficient (Wildman–Crippen LogP) is 9.59. The normalized spacial score (nSPS) is 22.3. The van der Waals surface area contributed by atoms with Gasteiger partial charge in [-0.2, -0.15) is 4.98 Å². The summed E-state index contributed by atoms with van der Waals surface area (Å²) in [6.07, 6.45) is 24.9. The summed E-state index contributed by atoms with van der Waals surface area (Å²) in [5.41, 5.74) is 14.9. The first kappa shape index (κ1) is 35.5. The lowest BCUT2D eigenvalue weighted by atomic mass is 9.30. The van der Waals surface area contributed by atoms with Crippen LogP contribution in [0, 0.1) is 5.92 Å². The van der Waals surface area contributed by atoms with Crippen molar-refractivity contribution in [2.24, 2.45) is 5.92 Å². The first-order valence-electron chi connectivity index (χ1n) is 22.5. The van der Waals surface area contributed by atoms with Gasteiger partial charge in [-0.25, -0.2) is 0 Å². The van der Waals surface area contributed by atoms with Crippen LogP contribution in [0.15, 0.2) is 191 Å². The van der Waals surface area contributed by atoms with Gasteiger partial charge in [0.1, 0.15) is 34.9 Å². The van der Waals surface area contributed by atoms with Crippen molar-refractivity contribution in [3.8, 4) is 29.0 Å². The summed E-state index contributed by atoms with van der Waals surface area (Å²) >= 11 is 0. The Morgan fingerprint density at radius 1 is 0.730 bits per heavy atom. The number of ether oxygens (including phenoxy) is 4. The molecular weight excluding hydrogens is 776 g/mol. The summed E-state index contributed by atoms with van der Waals surface area (Å²) in [4.78, 5) is 10.2. The molecule has 0 spiro atoms. The van der Waals surface area contributed by atoms with E-state index in [1.165, 1.54) is 27.9 Å². The standard InChI is InChI=1S/C54H41B2N3O4/c1-32-44(58(33-16-4-2-5-17-33)34-18-6-3-7-19-34)31-49-51-52(32)61-46-27-15-11-23-39(46)56(51)41-30-40-53(57-54(41)63-49)62-48-29-35(28-47-50(48)55(40)38-22-10-14-26-45(38)60-47)59-42-24-12-8-20-36(42)37-21-9-13-25-43(37)59/h2,4-6,8-10,12-20,22,24-32,37,52H,3,7,11,21,23H2,1H3. The third kappa shape index (κ3) is 5.13. The third-order valence-electron chi connectivity index (χ3n) is 14.4. The van der Waals surface area contributed by atoms with Crippen molar-refractivity contribution >= 4 is 52.3 Å². The molecule has 0 saturated heterocycles. The van der Waals surface area contributed by atoms with Gasteiger partial charge in [-0.05, 0) is 107 Å². The first-order valence-corrected chi connectivity index (χ1v) is 22.5. The molecule has 0 N–H and O–H groups in total. The summed E-state index contributed by atoms with van der Waals surface area (Å²) in [6, 6.07) is 34.6. The van der Waals surface area contributed by atoms with Gasteiger partial charge < -0.3 is 28.7 Å². The Labute approximate surface area is 367 Å². The number of fused-ring (bicyclic) bond motifs is 10. The summed E-state index contributed by atoms with van der Waals surface area (Å²) in [5.74, 6) is 5.67. The number of para-hydroxylation sites is 3. The molecule has 0 radical (unpaired) electrons. The number of hydrogen-bond acceptors (Lipinski definition) is 7. The fourth-order valence-corrected chi connectivity index (χ4v) is 11.7. The first-order chi connectivity index (χ1) is 31.2. The molecule has 3 atom stereocenters. The van der Waals surface area contributed by atoms with E-state index in [0.717, 1.165) is 105 Å². The molecule has 3 unspecified atom stereocenters. The molecule has 0 saturated carbocycles. The molecule has 4 aromatic carbocycles. The van der Waals surface area contributed by atoms with E-state index in [9.17, 15) is 0 Å². The number of hydrogen-bond donors (Lipinski definition) is 0. The number of rotatable bonds is 4. The lowest BCUT2D eigenvalue weighted by molar-refractivity contribution is 0.112. The maximum absolute atomic E-state index is 7.12. The summed E-state index contributed by atoms with van der Waals surface area (Å²) in [5, 5.41) is 0. The Kier molecular flexibility index (Phi) is 7.57. The van der Waals surface area contributed by atoms with E-state index in [1.54, 1.807) is 0 Å². The highest BCUT2D eigenvalue weighted by atomic mass is 16.5. The Morgan fingerprint density at radius 2 is 1.54 bits per heavy atom. The van der Waals surface area contributed by atoms with Crippen molar-refractivity contribution in [1.82, 2.24) is 4.98 Å². The van der Waals surface area contributed by atoms with Gasteiger partial charge in [0, 0.05) is 64.0 Å². The van der Waals surface area contributed by atoms with Crippen LogP contribution < -0.4 is 45.9 Å². The van der Waals surface area contributed by atoms with Crippen LogP contribution in [0.2, 0.25) is 0 Å². The van der Waals surface area contributed by atoms with Crippen molar-refractivity contribution in [2.75, 3.05) is 9.80 Å². The maximum atomic E-state index is 7.12. The summed E-state index contributed by atoms with van der Waals surface area (Å²) in [6.45, 7) is 2.12. The Morgan fingerprint density at radius 3 is 2.44 bits per heavy atom. The number of nitrogens with zero attached hydrogens (tertiary/aromatic N) is 3. The molecule has 0 amide bonds. The van der Waals surface area contributed by atoms with Gasteiger partial charge in [-0.1, -0.05) is 98.0 Å². The molecule has 7 nitrogen and oxygen atoms in total. The average molecular weight is 818 g/mol. The molecule has 4 aliphatic carbocycles. The van der Waals surface area contributed by atoms with Gasteiger partial charge >= 0.3 is 0 Å². The van der Waals surface area contributed by atoms with Crippen molar-refractivity contribution in [3.63, 3.8) is 0 Å². The van der Waals surface area contributed by atoms with E-state index in [2.05, 4.69) is 168 Å². The molecule has 63 heavy (non-hydrogen) atoms. The van der Waals surface area contributed by atoms with Crippen LogP contribution in [0.5, 0.6) is 29.0 Å². The second-order valence-corrected chi connectivity index (χ2v) is 17.9. The van der Waals surface area contributed by atoms with Gasteiger partial charge in [-0.3, -0.25) is 0 Å². The highest BCUT2D eigenvalue weighted by molar-refractivity contribution is 6.98. The Hall–Kier alpha value is -7.12. The zero-order valence-corrected chi connectivity index (χ0v) is 34.8. The van der Waals surface area contributed by atoms with Crippen LogP contribution >= 0.6 is 0 Å². The monoisotopic (exact) mass is 817 g/mol. The predicted molar refractivity (Wildman–Crippen MR) is 251 cm³/mol. The Bertz CT molecular complexity index is 3120. The number of pyridine rings is 1. The fourth-order valence-electron chi connectivity index (χ4n) is 11.7. The quantitative estimate of drug-likeness (QED) is 0.164. The molecule has 0 fully saturated rings. The van der Waals surface area contributed by atoms with E-state index in [4.69, 9.17) is 23.9 Å². The van der Waals surface area contributed by atoms with Crippen LogP contribution in [0.1, 0.15) is 50.5 Å². The van der Waals surface area contributed by atoms with E-state index in [1.807, 2.05) is 0 Å². The van der Waals surface area contributed by atoms with Crippen molar-refractivity contribution in [2.45, 2.75) is 51.0 Å². The number of allylic oxidation sites excluding steroid dienone is 11. The van der Waals surface area contributed by atoms with Crippen LogP contribution in [-0.4, -0.2) is 24.5 Å². The van der Waals surface area contributed by atoms with Gasteiger partial charge in [0.05, 0.1) is 5.69 Å². The molecule has 1 aromatic heterocycles. The maximum Gasteiger partial charge on any atom is 0.262 e. The number of anilines is 3. The number of aromatic nitrogens is 1. The minimum absolute atomic E-state index is 0.0235. The molecule has 14 rings (SSSR count). The lowest BCUT2D eigenvalue weighted by Gasteiger charge is -2.46. The van der Waals surface area contributed by atoms with Gasteiger partial charge in [-0.15, -0.1) is 0 Å². The van der Waals surface area contributed by atoms with Crippen LogP contribution in [0.25, 0.3) is 0 Å². The second-order valence-electron chi connectivity index (χ2n) is 17.9. The van der Waals surface area contributed by atoms with Gasteiger partial charge in [0.2, 0.25) is 11.8 Å². The second kappa shape index (κ2) is 13.4. The van der Waals surface area contributed by atoms with E-state index in [0.29, 0.717) is 17.7 Å². The van der Waals surface area contributed by atoms with E-state index < -0.39 is 0 Å². The number of benzene rings is 4. The summed E-state index contributed by atoms with van der Waals surface area (Å²) < 4.78 is 28.2. The van der Waals surface area contributed by atoms with Crippen molar-refractivity contribution in [1.29, 1.82) is 0 Å². The molecule has 9 aliphatic rings. The third-order valence-corrected chi connectivity index (χ3v) is 14.4. The topological polar surface area (TPSA) is 56.3 Å². The van der Waals surface area contributed by atoms with E-state index in [-0.39, 0.29) is 25.4 Å². The van der Waals surface area contributed by atoms with Crippen LogP contribution in [-0.2, 0) is 4.74 Å². The molecule has 5 aliphatic heterocycles. The van der Waals surface area contributed by atoms with Crippen LogP contribution in [0.3, 0.4) is 0 Å². The largest absolute Gasteiger partial charge is 0.487 e. The fraction of sp³-hybridized carbons (Fsp3) is 0.167. The van der Waals surface area contributed by atoms with Crippen molar-refractivity contribution in [3.05, 3.63) is 197 Å². The van der Waals surface area contributed by atoms with E-state index >= 15 is 0 Å². The lowest BCUT2D eigenvalue weighted by Crippen LogP contribution is -2.60. The van der Waals surface area contributed by atoms with Crippen molar-refractivity contribution < 1.29 is 18.9 Å². The molecule has 5 aromatic rings. The highest BCUT2D eigenvalue weighted by Crippen LogP contribution is 2.53. The summed E-state index contributed by atoms with van der Waals surface area (Å²) in [7, 11) is 0. The van der Waals surface area contributed by atoms with Gasteiger partial charge in [0.15, 0.2) is 0 Å². The SMILES string of the molecule is CC1C(N(C2=CCCC=C2)c2ccccc2)=CC2=C3B(C4=C(C=CCC4)OC31)c1cc3c(nc1O2)Oc1cc(N2C4=CC=CCC4c4ccccc42)cc2c1B3c1ccccc1O2. The minimum Gasteiger partial charge on any atom is -0.487 e. The smallest absolute Gasteiger partial charge is 0.262 e. The molecular formula is C54H41B2N3O4. The zero-order valence-electron chi connectivity index (χ0n) is 34.8. The Balaban J connectivity index is 0.943. The average Bonchev–Trinajstić information content (AvgIpc) is 3.67. The highest BCUT2D eigenvalue weighted by Gasteiger charge is 2.52.